The molecular formula is C15H15BrFN. The molecule has 2 N–H and O–H groups in total. The van der Waals surface area contributed by atoms with E-state index in [4.69, 9.17) is 5.73 Å². The van der Waals surface area contributed by atoms with Crippen LogP contribution in [0.5, 0.6) is 0 Å². The largest absolute Gasteiger partial charge is 0.320 e. The zero-order valence-electron chi connectivity index (χ0n) is 10.4. The third-order valence-corrected chi connectivity index (χ3v) is 3.68. The average molecular weight is 308 g/mol. The van der Waals surface area contributed by atoms with Crippen molar-refractivity contribution < 1.29 is 4.39 Å². The van der Waals surface area contributed by atoms with E-state index in [1.165, 1.54) is 17.2 Å². The molecule has 0 amide bonds. The van der Waals surface area contributed by atoms with Crippen LogP contribution in [0, 0.1) is 19.7 Å². The molecule has 1 unspecified atom stereocenters. The SMILES string of the molecule is Cc1ccc(C(N)c2ccc(Br)cc2F)cc1C. The first-order chi connectivity index (χ1) is 8.49. The van der Waals surface area contributed by atoms with E-state index in [1.807, 2.05) is 32.0 Å². The molecule has 2 aromatic rings. The minimum absolute atomic E-state index is 0.282. The van der Waals surface area contributed by atoms with Crippen molar-refractivity contribution in [2.24, 2.45) is 5.73 Å². The van der Waals surface area contributed by atoms with Gasteiger partial charge in [0, 0.05) is 10.0 Å². The Balaban J connectivity index is 2.41. The van der Waals surface area contributed by atoms with Crippen LogP contribution in [0.2, 0.25) is 0 Å². The molecule has 18 heavy (non-hydrogen) atoms. The van der Waals surface area contributed by atoms with Gasteiger partial charge in [0.15, 0.2) is 0 Å². The lowest BCUT2D eigenvalue weighted by atomic mass is 9.96. The lowest BCUT2D eigenvalue weighted by molar-refractivity contribution is 0.598. The number of rotatable bonds is 2. The molecule has 2 aromatic carbocycles. The molecule has 0 heterocycles. The summed E-state index contributed by atoms with van der Waals surface area (Å²) < 4.78 is 14.6. The van der Waals surface area contributed by atoms with E-state index in [0.29, 0.717) is 5.56 Å². The molecule has 0 aliphatic rings. The highest BCUT2D eigenvalue weighted by Crippen LogP contribution is 2.25. The molecule has 0 spiro atoms. The second kappa shape index (κ2) is 5.21. The maximum atomic E-state index is 13.9. The van der Waals surface area contributed by atoms with E-state index < -0.39 is 6.04 Å². The van der Waals surface area contributed by atoms with Crippen LogP contribution < -0.4 is 5.73 Å². The van der Waals surface area contributed by atoms with Crippen LogP contribution in [0.3, 0.4) is 0 Å². The summed E-state index contributed by atoms with van der Waals surface area (Å²) >= 11 is 3.24. The van der Waals surface area contributed by atoms with Gasteiger partial charge in [-0.05, 0) is 42.7 Å². The van der Waals surface area contributed by atoms with Gasteiger partial charge in [-0.1, -0.05) is 40.2 Å². The van der Waals surface area contributed by atoms with Crippen molar-refractivity contribution in [1.29, 1.82) is 0 Å². The van der Waals surface area contributed by atoms with Gasteiger partial charge in [-0.15, -0.1) is 0 Å². The Kier molecular flexibility index (Phi) is 3.83. The topological polar surface area (TPSA) is 26.0 Å². The highest BCUT2D eigenvalue weighted by molar-refractivity contribution is 9.10. The summed E-state index contributed by atoms with van der Waals surface area (Å²) in [4.78, 5) is 0. The van der Waals surface area contributed by atoms with Crippen LogP contribution in [0.25, 0.3) is 0 Å². The number of benzene rings is 2. The molecule has 0 aromatic heterocycles. The first-order valence-corrected chi connectivity index (χ1v) is 6.56. The summed E-state index contributed by atoms with van der Waals surface area (Å²) in [5, 5.41) is 0. The van der Waals surface area contributed by atoms with Gasteiger partial charge in [0.1, 0.15) is 5.82 Å². The van der Waals surface area contributed by atoms with Crippen LogP contribution in [-0.2, 0) is 0 Å². The second-order valence-corrected chi connectivity index (χ2v) is 5.40. The fourth-order valence-electron chi connectivity index (χ4n) is 1.89. The summed E-state index contributed by atoms with van der Waals surface area (Å²) in [5.74, 6) is -0.282. The van der Waals surface area contributed by atoms with E-state index in [0.717, 1.165) is 10.0 Å². The normalized spacial score (nSPS) is 12.5. The maximum absolute atomic E-state index is 13.9. The summed E-state index contributed by atoms with van der Waals surface area (Å²) in [6.07, 6.45) is 0. The average Bonchev–Trinajstić information content (AvgIpc) is 2.32. The highest BCUT2D eigenvalue weighted by atomic mass is 79.9. The molecule has 0 radical (unpaired) electrons. The second-order valence-electron chi connectivity index (χ2n) is 4.49. The van der Waals surface area contributed by atoms with Gasteiger partial charge in [0.2, 0.25) is 0 Å². The van der Waals surface area contributed by atoms with Gasteiger partial charge < -0.3 is 5.73 Å². The van der Waals surface area contributed by atoms with Crippen molar-refractivity contribution in [1.82, 2.24) is 0 Å². The zero-order valence-corrected chi connectivity index (χ0v) is 12.0. The van der Waals surface area contributed by atoms with E-state index in [1.54, 1.807) is 12.1 Å². The summed E-state index contributed by atoms with van der Waals surface area (Å²) in [7, 11) is 0. The quantitative estimate of drug-likeness (QED) is 0.881. The molecule has 1 atom stereocenters. The molecule has 1 nitrogen and oxygen atoms in total. The Morgan fingerprint density at radius 2 is 1.78 bits per heavy atom. The predicted molar refractivity (Wildman–Crippen MR) is 76.0 cm³/mol. The molecule has 0 fully saturated rings. The number of halogens is 2. The molecule has 0 bridgehead atoms. The first-order valence-electron chi connectivity index (χ1n) is 5.76. The molecule has 3 heteroatoms. The Labute approximate surface area is 115 Å². The number of hydrogen-bond donors (Lipinski definition) is 1. The number of hydrogen-bond acceptors (Lipinski definition) is 1. The van der Waals surface area contributed by atoms with Gasteiger partial charge in [-0.25, -0.2) is 4.39 Å². The minimum Gasteiger partial charge on any atom is -0.320 e. The Morgan fingerprint density at radius 3 is 2.39 bits per heavy atom. The maximum Gasteiger partial charge on any atom is 0.129 e. The van der Waals surface area contributed by atoms with Crippen LogP contribution in [0.4, 0.5) is 4.39 Å². The minimum atomic E-state index is -0.433. The van der Waals surface area contributed by atoms with Crippen molar-refractivity contribution in [2.75, 3.05) is 0 Å². The molecule has 0 saturated carbocycles. The van der Waals surface area contributed by atoms with Crippen molar-refractivity contribution in [3.8, 4) is 0 Å². The standard InChI is InChI=1S/C15H15BrFN/c1-9-3-4-11(7-10(9)2)15(18)13-6-5-12(16)8-14(13)17/h3-8,15H,18H2,1-2H3. The summed E-state index contributed by atoms with van der Waals surface area (Å²) in [5.41, 5.74) is 9.95. The Morgan fingerprint density at radius 1 is 1.06 bits per heavy atom. The first kappa shape index (κ1) is 13.2. The molecular weight excluding hydrogens is 293 g/mol. The van der Waals surface area contributed by atoms with Gasteiger partial charge in [0.25, 0.3) is 0 Å². The van der Waals surface area contributed by atoms with Gasteiger partial charge in [-0.3, -0.25) is 0 Å². The Hall–Kier alpha value is -1.19. The monoisotopic (exact) mass is 307 g/mol. The fourth-order valence-corrected chi connectivity index (χ4v) is 2.22. The predicted octanol–water partition coefficient (Wildman–Crippen LogP) is 4.25. The zero-order chi connectivity index (χ0) is 13.3. The Bertz CT molecular complexity index is 581. The van der Waals surface area contributed by atoms with Crippen molar-refractivity contribution in [3.05, 3.63) is 68.9 Å². The summed E-state index contributed by atoms with van der Waals surface area (Å²) in [6.45, 7) is 4.08. The number of aryl methyl sites for hydroxylation is 2. The molecule has 0 aliphatic heterocycles. The lowest BCUT2D eigenvalue weighted by Gasteiger charge is -2.15. The molecule has 0 saturated heterocycles. The summed E-state index contributed by atoms with van der Waals surface area (Å²) in [6, 6.07) is 10.5. The number of nitrogens with two attached hydrogens (primary N) is 1. The third kappa shape index (κ3) is 2.62. The van der Waals surface area contributed by atoms with Crippen LogP contribution >= 0.6 is 15.9 Å². The van der Waals surface area contributed by atoms with Gasteiger partial charge in [-0.2, -0.15) is 0 Å². The fraction of sp³-hybridized carbons (Fsp3) is 0.200. The van der Waals surface area contributed by atoms with E-state index in [9.17, 15) is 4.39 Å². The van der Waals surface area contributed by atoms with Crippen molar-refractivity contribution >= 4 is 15.9 Å². The van der Waals surface area contributed by atoms with Crippen LogP contribution in [0.15, 0.2) is 40.9 Å². The molecule has 94 valence electrons. The van der Waals surface area contributed by atoms with Crippen LogP contribution in [0.1, 0.15) is 28.3 Å². The highest BCUT2D eigenvalue weighted by Gasteiger charge is 2.14. The smallest absolute Gasteiger partial charge is 0.129 e. The van der Waals surface area contributed by atoms with E-state index in [-0.39, 0.29) is 5.82 Å². The molecule has 2 rings (SSSR count). The van der Waals surface area contributed by atoms with E-state index in [2.05, 4.69) is 15.9 Å². The van der Waals surface area contributed by atoms with E-state index >= 15 is 0 Å². The third-order valence-electron chi connectivity index (χ3n) is 3.19. The van der Waals surface area contributed by atoms with Crippen LogP contribution in [-0.4, -0.2) is 0 Å². The molecule has 0 aliphatic carbocycles. The van der Waals surface area contributed by atoms with Gasteiger partial charge >= 0.3 is 0 Å². The van der Waals surface area contributed by atoms with Crippen molar-refractivity contribution in [2.45, 2.75) is 19.9 Å². The van der Waals surface area contributed by atoms with Crippen molar-refractivity contribution in [3.63, 3.8) is 0 Å². The lowest BCUT2D eigenvalue weighted by Crippen LogP contribution is -2.13. The van der Waals surface area contributed by atoms with Gasteiger partial charge in [0.05, 0.1) is 6.04 Å².